The minimum absolute atomic E-state index is 0.0882. The number of thioether (sulfide) groups is 1. The average molecular weight is 380 g/mol. The molecule has 1 N–H and O–H groups in total. The average Bonchev–Trinajstić information content (AvgIpc) is 3.01. The molecule has 3 rings (SSSR count). The van der Waals surface area contributed by atoms with Crippen molar-refractivity contribution in [2.45, 2.75) is 19.0 Å². The molecule has 3 aromatic rings. The van der Waals surface area contributed by atoms with Crippen molar-refractivity contribution < 1.29 is 9.59 Å². The summed E-state index contributed by atoms with van der Waals surface area (Å²) in [4.78, 5) is 24.0. The third kappa shape index (κ3) is 4.25. The summed E-state index contributed by atoms with van der Waals surface area (Å²) >= 11 is 1.30. The summed E-state index contributed by atoms with van der Waals surface area (Å²) in [5, 5.41) is 11.9. The Bertz CT molecular complexity index is 997. The van der Waals surface area contributed by atoms with E-state index in [1.807, 2.05) is 42.8 Å². The van der Waals surface area contributed by atoms with Crippen LogP contribution >= 0.6 is 11.8 Å². The molecule has 7 heteroatoms. The van der Waals surface area contributed by atoms with E-state index in [4.69, 9.17) is 0 Å². The van der Waals surface area contributed by atoms with E-state index in [0.29, 0.717) is 16.4 Å². The van der Waals surface area contributed by atoms with Crippen molar-refractivity contribution in [1.82, 2.24) is 14.8 Å². The number of ketones is 1. The van der Waals surface area contributed by atoms with Crippen molar-refractivity contribution in [1.29, 1.82) is 0 Å². The fraction of sp³-hybridized carbons (Fsp3) is 0.200. The van der Waals surface area contributed by atoms with Crippen LogP contribution in [0, 0.1) is 6.92 Å². The first-order valence-corrected chi connectivity index (χ1v) is 9.44. The first kappa shape index (κ1) is 18.8. The minimum atomic E-state index is -0.200. The largest absolute Gasteiger partial charge is 0.325 e. The summed E-state index contributed by atoms with van der Waals surface area (Å²) in [5.41, 5.74) is 3.15. The van der Waals surface area contributed by atoms with Gasteiger partial charge in [-0.1, -0.05) is 48.2 Å². The van der Waals surface area contributed by atoms with Crippen LogP contribution in [0.2, 0.25) is 0 Å². The van der Waals surface area contributed by atoms with E-state index in [2.05, 4.69) is 15.5 Å². The molecule has 0 spiro atoms. The molecule has 0 bridgehead atoms. The Morgan fingerprint density at radius 3 is 2.52 bits per heavy atom. The zero-order valence-electron chi connectivity index (χ0n) is 15.4. The molecule has 0 aliphatic rings. The molecule has 1 heterocycles. The molecule has 1 amide bonds. The van der Waals surface area contributed by atoms with E-state index < -0.39 is 0 Å². The van der Waals surface area contributed by atoms with Gasteiger partial charge in [-0.25, -0.2) is 0 Å². The molecule has 0 fully saturated rings. The molecule has 6 nitrogen and oxygen atoms in total. The number of Topliss-reactive ketones (excluding diaryl/α,β-unsaturated/α-hetero) is 1. The van der Waals surface area contributed by atoms with Gasteiger partial charge in [-0.2, -0.15) is 0 Å². The summed E-state index contributed by atoms with van der Waals surface area (Å²) < 4.78 is 1.88. The summed E-state index contributed by atoms with van der Waals surface area (Å²) in [6.07, 6.45) is 0. The number of amides is 1. The van der Waals surface area contributed by atoms with Gasteiger partial charge < -0.3 is 9.88 Å². The lowest BCUT2D eigenvalue weighted by atomic mass is 10.1. The van der Waals surface area contributed by atoms with Crippen molar-refractivity contribution in [2.24, 2.45) is 7.05 Å². The number of carbonyl (C=O) groups is 2. The molecule has 0 unspecified atom stereocenters. The lowest BCUT2D eigenvalue weighted by Crippen LogP contribution is -2.16. The Kier molecular flexibility index (Phi) is 5.71. The number of hydrogen-bond donors (Lipinski definition) is 1. The molecule has 1 aromatic heterocycles. The van der Waals surface area contributed by atoms with E-state index in [1.165, 1.54) is 18.7 Å². The van der Waals surface area contributed by atoms with Gasteiger partial charge in [0.05, 0.1) is 11.4 Å². The second-order valence-electron chi connectivity index (χ2n) is 6.12. The maximum absolute atomic E-state index is 12.3. The highest BCUT2D eigenvalue weighted by Crippen LogP contribution is 2.25. The van der Waals surface area contributed by atoms with Crippen LogP contribution in [0.15, 0.2) is 53.7 Å². The molecular formula is C20H20N4O2S. The number of rotatable bonds is 6. The second kappa shape index (κ2) is 8.18. The Labute approximate surface area is 162 Å². The maximum atomic E-state index is 12.3. The normalized spacial score (nSPS) is 10.6. The first-order valence-electron chi connectivity index (χ1n) is 8.45. The number of aryl methyl sites for hydroxylation is 1. The molecular weight excluding hydrogens is 360 g/mol. The molecule has 2 aromatic carbocycles. The molecule has 0 aliphatic heterocycles. The fourth-order valence-electron chi connectivity index (χ4n) is 2.71. The quantitative estimate of drug-likeness (QED) is 0.521. The van der Waals surface area contributed by atoms with Crippen LogP contribution < -0.4 is 5.32 Å². The van der Waals surface area contributed by atoms with Crippen molar-refractivity contribution in [3.05, 3.63) is 59.7 Å². The number of benzene rings is 2. The highest BCUT2D eigenvalue weighted by Gasteiger charge is 2.15. The lowest BCUT2D eigenvalue weighted by molar-refractivity contribution is -0.113. The zero-order chi connectivity index (χ0) is 19.4. The van der Waals surface area contributed by atoms with E-state index in [1.54, 1.807) is 24.3 Å². The maximum Gasteiger partial charge on any atom is 0.234 e. The molecule has 0 saturated heterocycles. The molecule has 0 radical (unpaired) electrons. The highest BCUT2D eigenvalue weighted by molar-refractivity contribution is 7.99. The molecule has 0 aliphatic carbocycles. The predicted molar refractivity (Wildman–Crippen MR) is 107 cm³/mol. The monoisotopic (exact) mass is 380 g/mol. The first-order chi connectivity index (χ1) is 13.0. The third-order valence-electron chi connectivity index (χ3n) is 4.13. The summed E-state index contributed by atoms with van der Waals surface area (Å²) in [6.45, 7) is 3.50. The number of hydrogen-bond acceptors (Lipinski definition) is 5. The summed E-state index contributed by atoms with van der Waals surface area (Å²) in [5.74, 6) is 0.646. The van der Waals surface area contributed by atoms with Gasteiger partial charge in [0, 0.05) is 18.2 Å². The van der Waals surface area contributed by atoms with Crippen molar-refractivity contribution >= 4 is 29.1 Å². The number of nitrogens with one attached hydrogen (secondary N) is 1. The zero-order valence-corrected chi connectivity index (χ0v) is 16.2. The molecule has 0 saturated carbocycles. The number of carbonyl (C=O) groups excluding carboxylic acids is 2. The topological polar surface area (TPSA) is 76.9 Å². The van der Waals surface area contributed by atoms with Crippen LogP contribution in [-0.4, -0.2) is 32.2 Å². The van der Waals surface area contributed by atoms with Crippen molar-refractivity contribution in [2.75, 3.05) is 11.1 Å². The van der Waals surface area contributed by atoms with Crippen LogP contribution in [0.1, 0.15) is 22.8 Å². The molecule has 138 valence electrons. The van der Waals surface area contributed by atoms with Crippen LogP contribution in [0.3, 0.4) is 0 Å². The Morgan fingerprint density at radius 2 is 1.78 bits per heavy atom. The lowest BCUT2D eigenvalue weighted by Gasteiger charge is -2.09. The van der Waals surface area contributed by atoms with Gasteiger partial charge in [-0.15, -0.1) is 10.2 Å². The highest BCUT2D eigenvalue weighted by atomic mass is 32.2. The van der Waals surface area contributed by atoms with Crippen molar-refractivity contribution in [3.63, 3.8) is 0 Å². The van der Waals surface area contributed by atoms with Gasteiger partial charge in [-0.3, -0.25) is 9.59 Å². The van der Waals surface area contributed by atoms with Gasteiger partial charge in [-0.05, 0) is 31.5 Å². The Hall–Kier alpha value is -2.93. The van der Waals surface area contributed by atoms with Crippen LogP contribution in [0.5, 0.6) is 0 Å². The SMILES string of the molecule is CC(=O)c1ccccc1NC(=O)CSc1nnc(-c2ccccc2C)n1C. The van der Waals surface area contributed by atoms with E-state index in [-0.39, 0.29) is 17.4 Å². The Morgan fingerprint density at radius 1 is 1.07 bits per heavy atom. The van der Waals surface area contributed by atoms with Gasteiger partial charge in [0.1, 0.15) is 0 Å². The number of anilines is 1. The molecule has 0 atom stereocenters. The smallest absolute Gasteiger partial charge is 0.234 e. The number of aromatic nitrogens is 3. The van der Waals surface area contributed by atoms with Crippen molar-refractivity contribution in [3.8, 4) is 11.4 Å². The minimum Gasteiger partial charge on any atom is -0.325 e. The summed E-state index contributed by atoms with van der Waals surface area (Å²) in [7, 11) is 1.88. The number of para-hydroxylation sites is 1. The third-order valence-corrected chi connectivity index (χ3v) is 5.15. The van der Waals surface area contributed by atoms with Crippen LogP contribution in [0.25, 0.3) is 11.4 Å². The Balaban J connectivity index is 1.69. The van der Waals surface area contributed by atoms with Crippen LogP contribution in [-0.2, 0) is 11.8 Å². The van der Waals surface area contributed by atoms with Gasteiger partial charge >= 0.3 is 0 Å². The number of nitrogens with zero attached hydrogens (tertiary/aromatic N) is 3. The fourth-order valence-corrected chi connectivity index (χ4v) is 3.43. The summed E-state index contributed by atoms with van der Waals surface area (Å²) in [6, 6.07) is 14.9. The van der Waals surface area contributed by atoms with Gasteiger partial charge in [0.25, 0.3) is 0 Å². The standard InChI is InChI=1S/C20H20N4O2S/c1-13-8-4-5-9-15(13)19-22-23-20(24(19)3)27-12-18(26)21-17-11-7-6-10-16(17)14(2)25/h4-11H,12H2,1-3H3,(H,21,26). The van der Waals surface area contributed by atoms with Crippen LogP contribution in [0.4, 0.5) is 5.69 Å². The van der Waals surface area contributed by atoms with E-state index >= 15 is 0 Å². The van der Waals surface area contributed by atoms with Gasteiger partial charge in [0.2, 0.25) is 5.91 Å². The van der Waals surface area contributed by atoms with E-state index in [0.717, 1.165) is 17.0 Å². The molecule has 27 heavy (non-hydrogen) atoms. The van der Waals surface area contributed by atoms with Gasteiger partial charge in [0.15, 0.2) is 16.8 Å². The predicted octanol–water partition coefficient (Wildman–Crippen LogP) is 3.72. The second-order valence-corrected chi connectivity index (χ2v) is 7.06. The van der Waals surface area contributed by atoms with E-state index in [9.17, 15) is 9.59 Å².